The fraction of sp³-hybridized carbons (Fsp3) is 0.583. The molecule has 1 fully saturated rings. The van der Waals surface area contributed by atoms with E-state index in [4.69, 9.17) is 0 Å². The van der Waals surface area contributed by atoms with Crippen molar-refractivity contribution in [1.29, 1.82) is 0 Å². The number of alkyl halides is 3. The van der Waals surface area contributed by atoms with Crippen LogP contribution in [0.1, 0.15) is 12.1 Å². The van der Waals surface area contributed by atoms with Crippen LogP contribution in [0.2, 0.25) is 0 Å². The fourth-order valence-corrected chi connectivity index (χ4v) is 2.25. The van der Waals surface area contributed by atoms with Crippen LogP contribution in [0.15, 0.2) is 18.3 Å². The number of aromatic nitrogens is 1. The topological polar surface area (TPSA) is 25.4 Å². The molecule has 1 aliphatic heterocycles. The molecule has 19 heavy (non-hydrogen) atoms. The highest BCUT2D eigenvalue weighted by Crippen LogP contribution is 2.40. The van der Waals surface area contributed by atoms with Crippen molar-refractivity contribution in [3.05, 3.63) is 29.8 Å². The van der Waals surface area contributed by atoms with Crippen LogP contribution in [0.5, 0.6) is 0 Å². The molecular weight excluding hydrogens is 264 g/mol. The highest BCUT2D eigenvalue weighted by molar-refractivity contribution is 5.08. The number of nitrogens with zero attached hydrogens (tertiary/aromatic N) is 2. The van der Waals surface area contributed by atoms with Crippen LogP contribution in [0.4, 0.5) is 17.6 Å². The summed E-state index contributed by atoms with van der Waals surface area (Å²) in [5.74, 6) is -0.510. The Morgan fingerprint density at radius 1 is 1.47 bits per heavy atom. The Balaban J connectivity index is 2.09. The number of likely N-dealkylation sites (tertiary alicyclic amines) is 1. The lowest BCUT2D eigenvalue weighted by Crippen LogP contribution is -2.49. The molecule has 106 valence electrons. The summed E-state index contributed by atoms with van der Waals surface area (Å²) in [6.07, 6.45) is -3.16. The minimum atomic E-state index is -4.43. The summed E-state index contributed by atoms with van der Waals surface area (Å²) >= 11 is 0. The molecule has 2 rings (SSSR count). The third-order valence-electron chi connectivity index (χ3n) is 3.43. The molecule has 0 aromatic carbocycles. The van der Waals surface area contributed by atoms with Gasteiger partial charge in [-0.2, -0.15) is 13.2 Å². The Labute approximate surface area is 108 Å². The van der Waals surface area contributed by atoms with Gasteiger partial charge in [0.05, 0.1) is 5.69 Å². The van der Waals surface area contributed by atoms with E-state index in [0.29, 0.717) is 0 Å². The van der Waals surface area contributed by atoms with Crippen molar-refractivity contribution in [2.45, 2.75) is 24.7 Å². The Bertz CT molecular complexity index is 452. The fourth-order valence-electron chi connectivity index (χ4n) is 2.25. The van der Waals surface area contributed by atoms with Crippen LogP contribution >= 0.6 is 0 Å². The molecule has 0 N–H and O–H groups in total. The van der Waals surface area contributed by atoms with Crippen molar-refractivity contribution < 1.29 is 22.3 Å². The number of halogens is 4. The van der Waals surface area contributed by atoms with Gasteiger partial charge in [0.1, 0.15) is 5.82 Å². The quantitative estimate of drug-likeness (QED) is 0.794. The van der Waals surface area contributed by atoms with Gasteiger partial charge in [-0.15, -0.1) is 0 Å². The molecule has 1 aromatic heterocycles. The van der Waals surface area contributed by atoms with E-state index in [1.165, 1.54) is 23.2 Å². The SMILES string of the molecule is COC1(C(F)(F)F)CCN(Cc2ncccc2F)C1. The van der Waals surface area contributed by atoms with E-state index in [-0.39, 0.29) is 31.7 Å². The summed E-state index contributed by atoms with van der Waals surface area (Å²) in [6.45, 7) is -0.0553. The molecule has 1 atom stereocenters. The average molecular weight is 278 g/mol. The van der Waals surface area contributed by atoms with Crippen LogP contribution in [0.3, 0.4) is 0 Å². The highest BCUT2D eigenvalue weighted by Gasteiger charge is 2.58. The predicted octanol–water partition coefficient (Wildman–Crippen LogP) is 2.37. The molecular formula is C12H14F4N2O. The molecule has 2 heterocycles. The van der Waals surface area contributed by atoms with Crippen LogP contribution in [-0.4, -0.2) is 41.9 Å². The zero-order valence-corrected chi connectivity index (χ0v) is 10.4. The second kappa shape index (κ2) is 5.05. The van der Waals surface area contributed by atoms with Gasteiger partial charge in [0.2, 0.25) is 0 Å². The molecule has 0 saturated carbocycles. The third kappa shape index (κ3) is 2.71. The molecule has 0 spiro atoms. The lowest BCUT2D eigenvalue weighted by Gasteiger charge is -2.30. The maximum absolute atomic E-state index is 13.4. The van der Waals surface area contributed by atoms with Gasteiger partial charge in [0.15, 0.2) is 5.60 Å². The van der Waals surface area contributed by atoms with Crippen molar-refractivity contribution in [3.63, 3.8) is 0 Å². The van der Waals surface area contributed by atoms with E-state index in [0.717, 1.165) is 7.11 Å². The molecule has 0 aliphatic carbocycles. The first kappa shape index (κ1) is 14.2. The van der Waals surface area contributed by atoms with Crippen molar-refractivity contribution >= 4 is 0 Å². The Morgan fingerprint density at radius 3 is 2.74 bits per heavy atom. The van der Waals surface area contributed by atoms with Crippen molar-refractivity contribution in [1.82, 2.24) is 9.88 Å². The van der Waals surface area contributed by atoms with Crippen molar-refractivity contribution in [2.75, 3.05) is 20.2 Å². The van der Waals surface area contributed by atoms with Gasteiger partial charge in [-0.25, -0.2) is 4.39 Å². The van der Waals surface area contributed by atoms with Gasteiger partial charge in [-0.1, -0.05) is 0 Å². The maximum atomic E-state index is 13.4. The number of ether oxygens (including phenoxy) is 1. The lowest BCUT2D eigenvalue weighted by molar-refractivity contribution is -0.264. The summed E-state index contributed by atoms with van der Waals surface area (Å²) in [5.41, 5.74) is -2.00. The molecule has 0 radical (unpaired) electrons. The molecule has 1 aromatic rings. The number of rotatable bonds is 3. The van der Waals surface area contributed by atoms with Crippen molar-refractivity contribution in [3.8, 4) is 0 Å². The molecule has 0 amide bonds. The minimum Gasteiger partial charge on any atom is -0.367 e. The Hall–Kier alpha value is -1.21. The summed E-state index contributed by atoms with van der Waals surface area (Å²) in [5, 5.41) is 0. The van der Waals surface area contributed by atoms with Gasteiger partial charge >= 0.3 is 6.18 Å². The second-order valence-corrected chi connectivity index (χ2v) is 4.59. The molecule has 3 nitrogen and oxygen atoms in total. The first-order valence-corrected chi connectivity index (χ1v) is 5.81. The molecule has 1 unspecified atom stereocenters. The van der Waals surface area contributed by atoms with Gasteiger partial charge in [0, 0.05) is 32.9 Å². The largest absolute Gasteiger partial charge is 0.418 e. The van der Waals surface area contributed by atoms with Gasteiger partial charge in [-0.05, 0) is 18.6 Å². The van der Waals surface area contributed by atoms with E-state index in [1.807, 2.05) is 0 Å². The highest BCUT2D eigenvalue weighted by atomic mass is 19.4. The summed E-state index contributed by atoms with van der Waals surface area (Å²) in [4.78, 5) is 5.34. The van der Waals surface area contributed by atoms with E-state index < -0.39 is 17.6 Å². The normalized spacial score (nSPS) is 24.9. The van der Waals surface area contributed by atoms with Crippen molar-refractivity contribution in [2.24, 2.45) is 0 Å². The first-order valence-electron chi connectivity index (χ1n) is 5.81. The van der Waals surface area contributed by atoms with Crippen LogP contribution < -0.4 is 0 Å². The standard InChI is InChI=1S/C12H14F4N2O/c1-19-11(12(14,15)16)4-6-18(8-11)7-10-9(13)3-2-5-17-10/h2-3,5H,4,6-8H2,1H3. The monoisotopic (exact) mass is 278 g/mol. The summed E-state index contributed by atoms with van der Waals surface area (Å²) < 4.78 is 57.0. The number of hydrogen-bond acceptors (Lipinski definition) is 3. The molecule has 1 saturated heterocycles. The van der Waals surface area contributed by atoms with E-state index in [1.54, 1.807) is 0 Å². The number of pyridine rings is 1. The molecule has 1 aliphatic rings. The number of methoxy groups -OCH3 is 1. The summed E-state index contributed by atoms with van der Waals surface area (Å²) in [7, 11) is 1.05. The van der Waals surface area contributed by atoms with Crippen LogP contribution in [0.25, 0.3) is 0 Å². The Kier molecular flexibility index (Phi) is 3.78. The minimum absolute atomic E-state index is 0.0495. The average Bonchev–Trinajstić information content (AvgIpc) is 2.76. The third-order valence-corrected chi connectivity index (χ3v) is 3.43. The summed E-state index contributed by atoms with van der Waals surface area (Å²) in [6, 6.07) is 2.68. The van der Waals surface area contributed by atoms with E-state index in [2.05, 4.69) is 9.72 Å². The maximum Gasteiger partial charge on any atom is 0.418 e. The van der Waals surface area contributed by atoms with E-state index >= 15 is 0 Å². The zero-order valence-electron chi connectivity index (χ0n) is 10.4. The first-order chi connectivity index (χ1) is 8.88. The smallest absolute Gasteiger partial charge is 0.367 e. The molecule has 7 heteroatoms. The zero-order chi connectivity index (χ0) is 14.1. The van der Waals surface area contributed by atoms with Gasteiger partial charge in [0.25, 0.3) is 0 Å². The van der Waals surface area contributed by atoms with Gasteiger partial charge in [-0.3, -0.25) is 9.88 Å². The number of hydrogen-bond donors (Lipinski definition) is 0. The predicted molar refractivity (Wildman–Crippen MR) is 59.9 cm³/mol. The lowest BCUT2D eigenvalue weighted by atomic mass is 10.0. The molecule has 0 bridgehead atoms. The Morgan fingerprint density at radius 2 is 2.21 bits per heavy atom. The van der Waals surface area contributed by atoms with Crippen LogP contribution in [0, 0.1) is 5.82 Å². The van der Waals surface area contributed by atoms with E-state index in [9.17, 15) is 17.6 Å². The van der Waals surface area contributed by atoms with Crippen LogP contribution in [-0.2, 0) is 11.3 Å². The van der Waals surface area contributed by atoms with Gasteiger partial charge < -0.3 is 4.74 Å². The second-order valence-electron chi connectivity index (χ2n) is 4.59.